The first-order valence-electron chi connectivity index (χ1n) is 8.29. The summed E-state index contributed by atoms with van der Waals surface area (Å²) >= 11 is 5.93. The van der Waals surface area contributed by atoms with Gasteiger partial charge in [-0.15, -0.1) is 0 Å². The van der Waals surface area contributed by atoms with Crippen molar-refractivity contribution in [3.8, 4) is 5.75 Å². The number of amides is 1. The summed E-state index contributed by atoms with van der Waals surface area (Å²) in [5, 5.41) is 3.22. The lowest BCUT2D eigenvalue weighted by molar-refractivity contribution is -0.148. The quantitative estimate of drug-likeness (QED) is 0.523. The molecule has 1 aliphatic heterocycles. The molecule has 1 atom stereocenters. The second-order valence-corrected chi connectivity index (χ2v) is 8.83. The molecule has 144 valence electrons. The fraction of sp³-hybridized carbons (Fsp3) is 0.529. The lowest BCUT2D eigenvalue weighted by Gasteiger charge is -2.11. The third-order valence-electron chi connectivity index (χ3n) is 3.89. The number of aryl methyl sites for hydroxylation is 1. The summed E-state index contributed by atoms with van der Waals surface area (Å²) in [6.45, 7) is 1.80. The summed E-state index contributed by atoms with van der Waals surface area (Å²) in [7, 11) is -3.06. The lowest BCUT2D eigenvalue weighted by Crippen LogP contribution is -2.38. The molecule has 1 heterocycles. The molecule has 1 aromatic rings. The van der Waals surface area contributed by atoms with Gasteiger partial charge < -0.3 is 14.8 Å². The summed E-state index contributed by atoms with van der Waals surface area (Å²) in [6.07, 6.45) is 0.962. The first-order chi connectivity index (χ1) is 12.2. The first-order valence-corrected chi connectivity index (χ1v) is 10.5. The van der Waals surface area contributed by atoms with Crippen molar-refractivity contribution in [1.29, 1.82) is 0 Å². The zero-order chi connectivity index (χ0) is 19.2. The van der Waals surface area contributed by atoms with E-state index >= 15 is 0 Å². The Kier molecular flexibility index (Phi) is 7.28. The minimum Gasteiger partial charge on any atom is -0.494 e. The van der Waals surface area contributed by atoms with Crippen LogP contribution in [0.4, 0.5) is 0 Å². The van der Waals surface area contributed by atoms with E-state index < -0.39 is 34.4 Å². The highest BCUT2D eigenvalue weighted by Crippen LogP contribution is 2.21. The van der Waals surface area contributed by atoms with Crippen molar-refractivity contribution in [2.75, 3.05) is 24.7 Å². The number of benzene rings is 1. The molecule has 26 heavy (non-hydrogen) atoms. The van der Waals surface area contributed by atoms with Crippen LogP contribution in [0.15, 0.2) is 18.2 Å². The Morgan fingerprint density at radius 1 is 1.35 bits per heavy atom. The average Bonchev–Trinajstić information content (AvgIpc) is 2.91. The highest BCUT2D eigenvalue weighted by atomic mass is 35.5. The largest absolute Gasteiger partial charge is 0.494 e. The standard InChI is InChI=1S/C17H22ClNO6S/c1-12-9-14(4-5-15(12)18)24-7-2-3-17(21)25-10-16(20)19-13-6-8-26(22,23)11-13/h4-5,9,13H,2-3,6-8,10-11H2,1H3,(H,19,20)/t13-/m0/s1. The van der Waals surface area contributed by atoms with Gasteiger partial charge in [0, 0.05) is 17.5 Å². The predicted molar refractivity (Wildman–Crippen MR) is 97.1 cm³/mol. The fourth-order valence-corrected chi connectivity index (χ4v) is 4.30. The van der Waals surface area contributed by atoms with Crippen molar-refractivity contribution in [3.05, 3.63) is 28.8 Å². The van der Waals surface area contributed by atoms with Crippen LogP contribution in [0.5, 0.6) is 5.75 Å². The maximum absolute atomic E-state index is 11.7. The van der Waals surface area contributed by atoms with Gasteiger partial charge in [-0.1, -0.05) is 11.6 Å². The SMILES string of the molecule is Cc1cc(OCCCC(=O)OCC(=O)N[C@H]2CCS(=O)(=O)C2)ccc1Cl. The number of nitrogens with one attached hydrogen (secondary N) is 1. The zero-order valence-electron chi connectivity index (χ0n) is 14.5. The van der Waals surface area contributed by atoms with Crippen LogP contribution in [0.25, 0.3) is 0 Å². The van der Waals surface area contributed by atoms with E-state index in [0.717, 1.165) is 5.56 Å². The smallest absolute Gasteiger partial charge is 0.306 e. The van der Waals surface area contributed by atoms with Gasteiger partial charge in [-0.3, -0.25) is 9.59 Å². The molecular weight excluding hydrogens is 382 g/mol. The molecule has 1 aromatic carbocycles. The topological polar surface area (TPSA) is 98.8 Å². The number of halogens is 1. The molecule has 1 aliphatic rings. The van der Waals surface area contributed by atoms with E-state index in [1.807, 2.05) is 13.0 Å². The van der Waals surface area contributed by atoms with Crippen LogP contribution < -0.4 is 10.1 Å². The van der Waals surface area contributed by atoms with Crippen LogP contribution in [-0.2, 0) is 24.2 Å². The van der Waals surface area contributed by atoms with Crippen LogP contribution in [0.3, 0.4) is 0 Å². The van der Waals surface area contributed by atoms with Crippen LogP contribution in [0, 0.1) is 6.92 Å². The van der Waals surface area contributed by atoms with Gasteiger partial charge in [0.1, 0.15) is 5.75 Å². The van der Waals surface area contributed by atoms with Gasteiger partial charge in [0.2, 0.25) is 0 Å². The highest BCUT2D eigenvalue weighted by molar-refractivity contribution is 7.91. The lowest BCUT2D eigenvalue weighted by atomic mass is 10.2. The second-order valence-electron chi connectivity index (χ2n) is 6.19. The van der Waals surface area contributed by atoms with E-state index in [1.54, 1.807) is 12.1 Å². The Morgan fingerprint density at radius 2 is 2.12 bits per heavy atom. The third kappa shape index (κ3) is 6.84. The van der Waals surface area contributed by atoms with Crippen LogP contribution >= 0.6 is 11.6 Å². The van der Waals surface area contributed by atoms with E-state index in [9.17, 15) is 18.0 Å². The number of sulfone groups is 1. The van der Waals surface area contributed by atoms with Crippen molar-refractivity contribution < 1.29 is 27.5 Å². The summed E-state index contributed by atoms with van der Waals surface area (Å²) in [5.41, 5.74) is 0.907. The number of rotatable bonds is 8. The fourth-order valence-electron chi connectivity index (χ4n) is 2.51. The average molecular weight is 404 g/mol. The Hall–Kier alpha value is -1.80. The maximum atomic E-state index is 11.7. The summed E-state index contributed by atoms with van der Waals surface area (Å²) in [4.78, 5) is 23.3. The first kappa shape index (κ1) is 20.5. The number of hydrogen-bond acceptors (Lipinski definition) is 6. The van der Waals surface area contributed by atoms with Crippen LogP contribution in [0.2, 0.25) is 5.02 Å². The number of carbonyl (C=O) groups is 2. The Labute approximate surface area is 157 Å². The summed E-state index contributed by atoms with van der Waals surface area (Å²) < 4.78 is 33.0. The zero-order valence-corrected chi connectivity index (χ0v) is 16.1. The van der Waals surface area contributed by atoms with Crippen molar-refractivity contribution in [2.24, 2.45) is 0 Å². The normalized spacial score (nSPS) is 18.3. The van der Waals surface area contributed by atoms with Crippen molar-refractivity contribution in [3.63, 3.8) is 0 Å². The summed E-state index contributed by atoms with van der Waals surface area (Å²) in [6, 6.07) is 4.91. The van der Waals surface area contributed by atoms with Gasteiger partial charge in [0.25, 0.3) is 5.91 Å². The summed E-state index contributed by atoms with van der Waals surface area (Å²) in [5.74, 6) is -0.311. The molecule has 0 bridgehead atoms. The van der Waals surface area contributed by atoms with Crippen LogP contribution in [0.1, 0.15) is 24.8 Å². The van der Waals surface area contributed by atoms with Gasteiger partial charge in [-0.25, -0.2) is 8.42 Å². The third-order valence-corrected chi connectivity index (χ3v) is 6.08. The molecule has 1 fully saturated rings. The minimum atomic E-state index is -3.06. The molecule has 9 heteroatoms. The molecular formula is C17H22ClNO6S. The molecule has 1 amide bonds. The maximum Gasteiger partial charge on any atom is 0.306 e. The highest BCUT2D eigenvalue weighted by Gasteiger charge is 2.28. The van der Waals surface area contributed by atoms with Crippen LogP contribution in [-0.4, -0.2) is 51.1 Å². The van der Waals surface area contributed by atoms with E-state index in [0.29, 0.717) is 30.2 Å². The van der Waals surface area contributed by atoms with Crippen molar-refractivity contribution in [1.82, 2.24) is 5.32 Å². The molecule has 7 nitrogen and oxygen atoms in total. The van der Waals surface area contributed by atoms with E-state index in [-0.39, 0.29) is 17.9 Å². The Morgan fingerprint density at radius 3 is 2.77 bits per heavy atom. The molecule has 0 radical (unpaired) electrons. The molecule has 1 saturated heterocycles. The number of carbonyl (C=O) groups excluding carboxylic acids is 2. The minimum absolute atomic E-state index is 0.0613. The Balaban J connectivity index is 1.58. The molecule has 0 spiro atoms. The Bertz CT molecular complexity index is 765. The van der Waals surface area contributed by atoms with E-state index in [2.05, 4.69) is 5.32 Å². The molecule has 2 rings (SSSR count). The van der Waals surface area contributed by atoms with Gasteiger partial charge in [-0.2, -0.15) is 0 Å². The number of esters is 1. The van der Waals surface area contributed by atoms with Gasteiger partial charge in [-0.05, 0) is 43.5 Å². The molecule has 1 N–H and O–H groups in total. The number of hydrogen-bond donors (Lipinski definition) is 1. The molecule has 0 aromatic heterocycles. The molecule has 0 unspecified atom stereocenters. The van der Waals surface area contributed by atoms with E-state index in [4.69, 9.17) is 21.1 Å². The van der Waals surface area contributed by atoms with Crippen molar-refractivity contribution >= 4 is 33.3 Å². The van der Waals surface area contributed by atoms with Crippen molar-refractivity contribution in [2.45, 2.75) is 32.2 Å². The monoisotopic (exact) mass is 403 g/mol. The predicted octanol–water partition coefficient (Wildman–Crippen LogP) is 1.65. The van der Waals surface area contributed by atoms with E-state index in [1.165, 1.54) is 0 Å². The molecule has 0 aliphatic carbocycles. The van der Waals surface area contributed by atoms with Gasteiger partial charge in [0.05, 0.1) is 18.1 Å². The molecule has 0 saturated carbocycles. The van der Waals surface area contributed by atoms with Gasteiger partial charge in [0.15, 0.2) is 16.4 Å². The van der Waals surface area contributed by atoms with Gasteiger partial charge >= 0.3 is 5.97 Å². The second kappa shape index (κ2) is 9.23. The number of ether oxygens (including phenoxy) is 2.